The first-order valence-corrected chi connectivity index (χ1v) is 6.34. The fourth-order valence-electron chi connectivity index (χ4n) is 1.74. The summed E-state index contributed by atoms with van der Waals surface area (Å²) in [6.45, 7) is 0. The molecule has 0 saturated heterocycles. The van der Waals surface area contributed by atoms with Gasteiger partial charge in [-0.3, -0.25) is 0 Å². The standard InChI is InChI=1S/C15H8FNS2/c16-12-6-4-10(5-7-12)15(19)13-3-1-2-11(9-18)14(13)8-17/h1-7,9H. The van der Waals surface area contributed by atoms with Crippen LogP contribution in [0.4, 0.5) is 4.39 Å². The van der Waals surface area contributed by atoms with Crippen molar-refractivity contribution >= 4 is 34.7 Å². The van der Waals surface area contributed by atoms with Crippen LogP contribution in [-0.4, -0.2) is 10.2 Å². The first kappa shape index (κ1) is 13.5. The lowest BCUT2D eigenvalue weighted by Crippen LogP contribution is -2.04. The van der Waals surface area contributed by atoms with Crippen LogP contribution in [0.5, 0.6) is 0 Å². The molecule has 0 spiro atoms. The maximum atomic E-state index is 12.9. The van der Waals surface area contributed by atoms with Crippen molar-refractivity contribution in [1.82, 2.24) is 0 Å². The highest BCUT2D eigenvalue weighted by atomic mass is 32.1. The molecule has 0 unspecified atom stereocenters. The Kier molecular flexibility index (Phi) is 4.10. The minimum absolute atomic E-state index is 0.320. The van der Waals surface area contributed by atoms with Gasteiger partial charge >= 0.3 is 0 Å². The topological polar surface area (TPSA) is 23.8 Å². The molecule has 2 aromatic rings. The van der Waals surface area contributed by atoms with Gasteiger partial charge in [-0.25, -0.2) is 4.39 Å². The predicted molar refractivity (Wildman–Crippen MR) is 81.1 cm³/mol. The first-order chi connectivity index (χ1) is 9.17. The fourth-order valence-corrected chi connectivity index (χ4v) is 2.24. The van der Waals surface area contributed by atoms with Gasteiger partial charge < -0.3 is 0 Å². The Hall–Kier alpha value is -1.96. The lowest BCUT2D eigenvalue weighted by Gasteiger charge is -2.08. The molecule has 0 amide bonds. The molecule has 0 aliphatic carbocycles. The number of hydrogen-bond acceptors (Lipinski definition) is 3. The quantitative estimate of drug-likeness (QED) is 0.633. The molecule has 92 valence electrons. The normalized spacial score (nSPS) is 9.68. The van der Waals surface area contributed by atoms with E-state index in [1.54, 1.807) is 30.3 Å². The van der Waals surface area contributed by atoms with Gasteiger partial charge in [0, 0.05) is 16.5 Å². The van der Waals surface area contributed by atoms with E-state index in [4.69, 9.17) is 24.4 Å². The summed E-state index contributed by atoms with van der Waals surface area (Å²) in [6, 6.07) is 13.3. The number of nitriles is 1. The van der Waals surface area contributed by atoms with Crippen LogP contribution in [0.15, 0.2) is 42.5 Å². The zero-order valence-electron chi connectivity index (χ0n) is 9.76. The van der Waals surface area contributed by atoms with Crippen LogP contribution in [0.1, 0.15) is 22.3 Å². The number of hydrogen-bond donors (Lipinski definition) is 0. The SMILES string of the molecule is N#Cc1c(C=S)cccc1C(=S)c1ccc(F)cc1. The van der Waals surface area contributed by atoms with Gasteiger partial charge in [0.15, 0.2) is 0 Å². The van der Waals surface area contributed by atoms with Crippen molar-refractivity contribution < 1.29 is 4.39 Å². The van der Waals surface area contributed by atoms with Crippen LogP contribution < -0.4 is 0 Å². The second-order valence-electron chi connectivity index (χ2n) is 3.84. The highest BCUT2D eigenvalue weighted by Gasteiger charge is 2.12. The molecule has 0 fully saturated rings. The minimum atomic E-state index is -0.320. The Bertz CT molecular complexity index is 684. The highest BCUT2D eigenvalue weighted by Crippen LogP contribution is 2.18. The van der Waals surface area contributed by atoms with Gasteiger partial charge in [-0.2, -0.15) is 5.26 Å². The molecular formula is C15H8FNS2. The third kappa shape index (κ3) is 2.73. The van der Waals surface area contributed by atoms with E-state index in [-0.39, 0.29) is 5.82 Å². The average molecular weight is 285 g/mol. The van der Waals surface area contributed by atoms with Crippen LogP contribution in [0.3, 0.4) is 0 Å². The Balaban J connectivity index is 2.53. The van der Waals surface area contributed by atoms with E-state index in [0.29, 0.717) is 27.1 Å². The van der Waals surface area contributed by atoms with E-state index in [0.717, 1.165) is 0 Å². The summed E-state index contributed by atoms with van der Waals surface area (Å²) >= 11 is 10.3. The van der Waals surface area contributed by atoms with Crippen LogP contribution >= 0.6 is 24.4 Å². The van der Waals surface area contributed by atoms with Gasteiger partial charge in [-0.15, -0.1) is 0 Å². The van der Waals surface area contributed by atoms with Crippen molar-refractivity contribution in [2.45, 2.75) is 0 Å². The van der Waals surface area contributed by atoms with E-state index in [1.165, 1.54) is 17.5 Å². The van der Waals surface area contributed by atoms with E-state index in [1.807, 2.05) is 0 Å². The first-order valence-electron chi connectivity index (χ1n) is 5.46. The molecule has 0 saturated carbocycles. The summed E-state index contributed by atoms with van der Waals surface area (Å²) in [4.78, 5) is 0.509. The van der Waals surface area contributed by atoms with Crippen LogP contribution in [0.2, 0.25) is 0 Å². The second-order valence-corrected chi connectivity index (χ2v) is 4.48. The smallest absolute Gasteiger partial charge is 0.123 e. The molecule has 0 atom stereocenters. The van der Waals surface area contributed by atoms with Gasteiger partial charge in [0.25, 0.3) is 0 Å². The van der Waals surface area contributed by atoms with Gasteiger partial charge in [-0.1, -0.05) is 54.8 Å². The van der Waals surface area contributed by atoms with E-state index < -0.39 is 0 Å². The molecule has 0 heterocycles. The van der Waals surface area contributed by atoms with Gasteiger partial charge in [0.1, 0.15) is 11.9 Å². The minimum Gasteiger partial charge on any atom is -0.207 e. The molecule has 0 bridgehead atoms. The number of rotatable bonds is 3. The van der Waals surface area contributed by atoms with E-state index in [9.17, 15) is 9.65 Å². The molecule has 4 heteroatoms. The Morgan fingerprint density at radius 2 is 1.84 bits per heavy atom. The molecule has 2 aromatic carbocycles. The van der Waals surface area contributed by atoms with Crippen molar-refractivity contribution in [3.8, 4) is 6.07 Å². The lowest BCUT2D eigenvalue weighted by atomic mass is 9.97. The monoisotopic (exact) mass is 285 g/mol. The Morgan fingerprint density at radius 1 is 1.16 bits per heavy atom. The van der Waals surface area contributed by atoms with Crippen molar-refractivity contribution in [2.24, 2.45) is 0 Å². The summed E-state index contributed by atoms with van der Waals surface area (Å²) in [6.07, 6.45) is 0. The summed E-state index contributed by atoms with van der Waals surface area (Å²) in [5.74, 6) is -0.320. The molecule has 2 rings (SSSR count). The van der Waals surface area contributed by atoms with Gasteiger partial charge in [0.05, 0.1) is 10.4 Å². The molecule has 0 aliphatic rings. The fraction of sp³-hybridized carbons (Fsp3) is 0. The Labute approximate surface area is 121 Å². The number of thiocarbonyl (C=S) groups is 2. The van der Waals surface area contributed by atoms with Crippen LogP contribution in [-0.2, 0) is 0 Å². The molecule has 19 heavy (non-hydrogen) atoms. The van der Waals surface area contributed by atoms with Crippen molar-refractivity contribution in [2.75, 3.05) is 0 Å². The zero-order chi connectivity index (χ0) is 13.8. The molecule has 0 aromatic heterocycles. The third-order valence-electron chi connectivity index (χ3n) is 2.69. The molecular weight excluding hydrogens is 277 g/mol. The van der Waals surface area contributed by atoms with E-state index >= 15 is 0 Å². The second kappa shape index (κ2) is 5.79. The maximum absolute atomic E-state index is 12.9. The summed E-state index contributed by atoms with van der Waals surface area (Å²) < 4.78 is 12.9. The summed E-state index contributed by atoms with van der Waals surface area (Å²) in [5.41, 5.74) is 2.46. The van der Waals surface area contributed by atoms with E-state index in [2.05, 4.69) is 6.07 Å². The Morgan fingerprint density at radius 3 is 2.42 bits per heavy atom. The largest absolute Gasteiger partial charge is 0.207 e. The van der Waals surface area contributed by atoms with Crippen molar-refractivity contribution in [3.05, 3.63) is 70.5 Å². The lowest BCUT2D eigenvalue weighted by molar-refractivity contribution is 0.628. The van der Waals surface area contributed by atoms with Crippen molar-refractivity contribution in [3.63, 3.8) is 0 Å². The maximum Gasteiger partial charge on any atom is 0.123 e. The van der Waals surface area contributed by atoms with Crippen LogP contribution in [0, 0.1) is 17.1 Å². The number of nitrogens with zero attached hydrogens (tertiary/aromatic N) is 1. The summed E-state index contributed by atoms with van der Waals surface area (Å²) in [5, 5.41) is 10.7. The molecule has 0 N–H and O–H groups in total. The number of halogens is 1. The molecule has 0 radical (unpaired) electrons. The van der Waals surface area contributed by atoms with Gasteiger partial charge in [0.2, 0.25) is 0 Å². The molecule has 0 aliphatic heterocycles. The zero-order valence-corrected chi connectivity index (χ0v) is 11.4. The van der Waals surface area contributed by atoms with Gasteiger partial charge in [-0.05, 0) is 17.7 Å². The predicted octanol–water partition coefficient (Wildman–Crippen LogP) is 3.81. The number of benzene rings is 2. The third-order valence-corrected chi connectivity index (χ3v) is 3.40. The van der Waals surface area contributed by atoms with Crippen LogP contribution in [0.25, 0.3) is 0 Å². The van der Waals surface area contributed by atoms with Crippen molar-refractivity contribution in [1.29, 1.82) is 5.26 Å². The molecule has 1 nitrogen and oxygen atoms in total. The average Bonchev–Trinajstić information content (AvgIpc) is 2.46. The summed E-state index contributed by atoms with van der Waals surface area (Å²) in [7, 11) is 0. The highest BCUT2D eigenvalue weighted by molar-refractivity contribution is 7.81.